The third kappa shape index (κ3) is 2.15. The summed E-state index contributed by atoms with van der Waals surface area (Å²) in [6.45, 7) is 5.46. The van der Waals surface area contributed by atoms with E-state index in [1.165, 1.54) is 7.11 Å². The monoisotopic (exact) mass is 275 g/mol. The summed E-state index contributed by atoms with van der Waals surface area (Å²) in [6.07, 6.45) is 0. The number of fused-ring (bicyclic) bond motifs is 1. The molecule has 1 heterocycles. The Hall–Kier alpha value is -2.30. The van der Waals surface area contributed by atoms with E-state index in [-0.39, 0.29) is 17.7 Å². The summed E-state index contributed by atoms with van der Waals surface area (Å²) in [5.74, 6) is 0.0257. The van der Waals surface area contributed by atoms with Gasteiger partial charge in [-0.2, -0.15) is 0 Å². The molecule has 5 nitrogen and oxygen atoms in total. The molecule has 2 rings (SSSR count). The van der Waals surface area contributed by atoms with Gasteiger partial charge in [0, 0.05) is 10.9 Å². The second-order valence-electron chi connectivity index (χ2n) is 4.51. The van der Waals surface area contributed by atoms with Crippen LogP contribution in [-0.2, 0) is 4.74 Å². The number of carbonyl (C=O) groups excluding carboxylic acids is 1. The van der Waals surface area contributed by atoms with Gasteiger partial charge in [-0.05, 0) is 32.4 Å². The van der Waals surface area contributed by atoms with Crippen LogP contribution in [0.5, 0.6) is 5.75 Å². The number of hydrogen-bond donors (Lipinski definition) is 1. The number of aryl methyl sites for hydroxylation is 1. The molecule has 1 aromatic carbocycles. The van der Waals surface area contributed by atoms with Gasteiger partial charge in [0.15, 0.2) is 5.43 Å². The summed E-state index contributed by atoms with van der Waals surface area (Å²) in [5, 5.41) is 0.498. The molecule has 2 aromatic rings. The van der Waals surface area contributed by atoms with Gasteiger partial charge in [0.2, 0.25) is 0 Å². The van der Waals surface area contributed by atoms with E-state index in [0.717, 1.165) is 5.56 Å². The fourth-order valence-corrected chi connectivity index (χ4v) is 2.20. The van der Waals surface area contributed by atoms with Crippen molar-refractivity contribution in [2.24, 2.45) is 0 Å². The number of esters is 1. The summed E-state index contributed by atoms with van der Waals surface area (Å²) in [5.41, 5.74) is 1.73. The first-order valence-corrected chi connectivity index (χ1v) is 6.38. The standard InChI is InChI=1S/C15H17NO4/c1-5-20-15(18)11-9(3)13(17)10-7-6-8(2)14(19-4)12(10)16-11/h6-7H,5H2,1-4H3,(H,16,17). The Kier molecular flexibility index (Phi) is 3.79. The molecule has 0 atom stereocenters. The fraction of sp³-hybridized carbons (Fsp3) is 0.333. The van der Waals surface area contributed by atoms with Crippen molar-refractivity contribution in [1.29, 1.82) is 0 Å². The van der Waals surface area contributed by atoms with E-state index >= 15 is 0 Å². The van der Waals surface area contributed by atoms with E-state index in [1.807, 2.05) is 13.0 Å². The maximum Gasteiger partial charge on any atom is 0.355 e. The van der Waals surface area contributed by atoms with E-state index in [1.54, 1.807) is 19.9 Å². The first-order chi connectivity index (χ1) is 9.51. The number of ether oxygens (including phenoxy) is 2. The van der Waals surface area contributed by atoms with Crippen molar-refractivity contribution in [3.05, 3.63) is 39.2 Å². The minimum Gasteiger partial charge on any atom is -0.494 e. The Labute approximate surface area is 116 Å². The molecule has 0 aliphatic rings. The normalized spacial score (nSPS) is 10.6. The van der Waals surface area contributed by atoms with Crippen molar-refractivity contribution >= 4 is 16.9 Å². The lowest BCUT2D eigenvalue weighted by Gasteiger charge is -2.12. The van der Waals surface area contributed by atoms with Gasteiger partial charge in [-0.3, -0.25) is 4.79 Å². The zero-order chi connectivity index (χ0) is 14.9. The molecule has 1 aromatic heterocycles. The largest absolute Gasteiger partial charge is 0.494 e. The van der Waals surface area contributed by atoms with Crippen molar-refractivity contribution in [3.8, 4) is 5.75 Å². The minimum absolute atomic E-state index is 0.174. The number of pyridine rings is 1. The molecular weight excluding hydrogens is 258 g/mol. The number of rotatable bonds is 3. The maximum atomic E-state index is 12.4. The first kappa shape index (κ1) is 14.1. The van der Waals surface area contributed by atoms with Crippen LogP contribution in [0.2, 0.25) is 0 Å². The molecule has 106 valence electrons. The van der Waals surface area contributed by atoms with Crippen molar-refractivity contribution < 1.29 is 14.3 Å². The lowest BCUT2D eigenvalue weighted by atomic mass is 10.1. The van der Waals surface area contributed by atoms with Gasteiger partial charge in [0.05, 0.1) is 19.2 Å². The fourth-order valence-electron chi connectivity index (χ4n) is 2.20. The van der Waals surface area contributed by atoms with Gasteiger partial charge < -0.3 is 14.5 Å². The summed E-state index contributed by atoms with van der Waals surface area (Å²) in [6, 6.07) is 3.55. The number of benzene rings is 1. The zero-order valence-corrected chi connectivity index (χ0v) is 12.0. The van der Waals surface area contributed by atoms with E-state index < -0.39 is 5.97 Å². The molecule has 0 saturated carbocycles. The second-order valence-corrected chi connectivity index (χ2v) is 4.51. The van der Waals surface area contributed by atoms with Crippen LogP contribution in [0, 0.1) is 13.8 Å². The molecule has 20 heavy (non-hydrogen) atoms. The summed E-state index contributed by atoms with van der Waals surface area (Å²) < 4.78 is 10.3. The van der Waals surface area contributed by atoms with Crippen LogP contribution in [0.3, 0.4) is 0 Å². The molecule has 0 fully saturated rings. The van der Waals surface area contributed by atoms with Crippen LogP contribution in [0.15, 0.2) is 16.9 Å². The molecule has 0 amide bonds. The van der Waals surface area contributed by atoms with Gasteiger partial charge in [0.1, 0.15) is 11.4 Å². The number of methoxy groups -OCH3 is 1. The highest BCUT2D eigenvalue weighted by atomic mass is 16.5. The number of aromatic amines is 1. The zero-order valence-electron chi connectivity index (χ0n) is 12.0. The maximum absolute atomic E-state index is 12.4. The third-order valence-electron chi connectivity index (χ3n) is 3.25. The highest BCUT2D eigenvalue weighted by molar-refractivity contribution is 5.94. The van der Waals surface area contributed by atoms with Crippen molar-refractivity contribution in [3.63, 3.8) is 0 Å². The third-order valence-corrected chi connectivity index (χ3v) is 3.25. The SMILES string of the molecule is CCOC(=O)c1[nH]c2c(OC)c(C)ccc2c(=O)c1C. The topological polar surface area (TPSA) is 68.4 Å². The number of hydrogen-bond acceptors (Lipinski definition) is 4. The van der Waals surface area contributed by atoms with Crippen molar-refractivity contribution in [2.75, 3.05) is 13.7 Å². The van der Waals surface area contributed by atoms with E-state index in [2.05, 4.69) is 4.98 Å². The van der Waals surface area contributed by atoms with Gasteiger partial charge in [0.25, 0.3) is 0 Å². The Morgan fingerprint density at radius 3 is 2.60 bits per heavy atom. The Morgan fingerprint density at radius 1 is 1.30 bits per heavy atom. The van der Waals surface area contributed by atoms with Crippen LogP contribution in [0.1, 0.15) is 28.5 Å². The summed E-state index contributed by atoms with van der Waals surface area (Å²) >= 11 is 0. The lowest BCUT2D eigenvalue weighted by molar-refractivity contribution is 0.0519. The van der Waals surface area contributed by atoms with E-state index in [0.29, 0.717) is 22.2 Å². The molecule has 0 saturated heterocycles. The molecule has 1 N–H and O–H groups in total. The lowest BCUT2D eigenvalue weighted by Crippen LogP contribution is -2.18. The number of nitrogens with one attached hydrogen (secondary N) is 1. The molecule has 0 aliphatic carbocycles. The highest BCUT2D eigenvalue weighted by Crippen LogP contribution is 2.26. The summed E-state index contributed by atoms with van der Waals surface area (Å²) in [4.78, 5) is 27.2. The molecule has 0 radical (unpaired) electrons. The van der Waals surface area contributed by atoms with Crippen LogP contribution in [-0.4, -0.2) is 24.7 Å². The van der Waals surface area contributed by atoms with Crippen LogP contribution in [0.4, 0.5) is 0 Å². The number of aromatic nitrogens is 1. The second kappa shape index (κ2) is 5.36. The molecule has 0 aliphatic heterocycles. The predicted molar refractivity (Wildman–Crippen MR) is 76.6 cm³/mol. The van der Waals surface area contributed by atoms with Crippen molar-refractivity contribution in [2.45, 2.75) is 20.8 Å². The molecule has 0 spiro atoms. The number of H-pyrrole nitrogens is 1. The first-order valence-electron chi connectivity index (χ1n) is 6.38. The van der Waals surface area contributed by atoms with Gasteiger partial charge in [-0.1, -0.05) is 6.07 Å². The van der Waals surface area contributed by atoms with Gasteiger partial charge in [-0.25, -0.2) is 4.79 Å². The number of carbonyl (C=O) groups is 1. The van der Waals surface area contributed by atoms with E-state index in [4.69, 9.17) is 9.47 Å². The molecular formula is C15H17NO4. The quantitative estimate of drug-likeness (QED) is 0.873. The molecule has 0 bridgehead atoms. The van der Waals surface area contributed by atoms with Crippen molar-refractivity contribution in [1.82, 2.24) is 4.98 Å². The minimum atomic E-state index is -0.535. The van der Waals surface area contributed by atoms with Gasteiger partial charge in [-0.15, -0.1) is 0 Å². The smallest absolute Gasteiger partial charge is 0.355 e. The highest BCUT2D eigenvalue weighted by Gasteiger charge is 2.18. The Morgan fingerprint density at radius 2 is 2.00 bits per heavy atom. The van der Waals surface area contributed by atoms with Crippen LogP contribution >= 0.6 is 0 Å². The van der Waals surface area contributed by atoms with Gasteiger partial charge >= 0.3 is 5.97 Å². The summed E-state index contributed by atoms with van der Waals surface area (Å²) in [7, 11) is 1.53. The van der Waals surface area contributed by atoms with E-state index in [9.17, 15) is 9.59 Å². The average molecular weight is 275 g/mol. The predicted octanol–water partition coefficient (Wildman–Crippen LogP) is 2.33. The molecule has 5 heteroatoms. The molecule has 0 unspecified atom stereocenters. The Bertz CT molecular complexity index is 731. The average Bonchev–Trinajstić information content (AvgIpc) is 2.42. The van der Waals surface area contributed by atoms with Crippen LogP contribution < -0.4 is 10.2 Å². The Balaban J connectivity index is 2.83. The van der Waals surface area contributed by atoms with Crippen LogP contribution in [0.25, 0.3) is 10.9 Å².